The van der Waals surface area contributed by atoms with Crippen molar-refractivity contribution >= 4 is 14.2 Å². The van der Waals surface area contributed by atoms with Gasteiger partial charge in [-0.15, -0.1) is 0 Å². The van der Waals surface area contributed by atoms with Crippen LogP contribution in [0.1, 0.15) is 13.3 Å². The number of hydrogen-bond acceptors (Lipinski definition) is 5. The lowest BCUT2D eigenvalue weighted by atomic mass is 10.5. The molecule has 2 unspecified atom stereocenters. The molecule has 1 aliphatic rings. The topological polar surface area (TPSA) is 61.8 Å². The van der Waals surface area contributed by atoms with E-state index in [0.717, 1.165) is 6.42 Å². The molecule has 12 heavy (non-hydrogen) atoms. The van der Waals surface area contributed by atoms with Crippen LogP contribution < -0.4 is 0 Å². The highest BCUT2D eigenvalue weighted by molar-refractivity contribution is 7.39. The van der Waals surface area contributed by atoms with Crippen LogP contribution >= 0.6 is 8.03 Å². The zero-order valence-electron chi connectivity index (χ0n) is 6.74. The van der Waals surface area contributed by atoms with Crippen LogP contribution in [-0.2, 0) is 18.6 Å². The Hall–Kier alpha value is -0.540. The quantitative estimate of drug-likeness (QED) is 0.499. The second kappa shape index (κ2) is 4.48. The Labute approximate surface area is 70.9 Å². The summed E-state index contributed by atoms with van der Waals surface area (Å²) in [7, 11) is -2.28. The zero-order chi connectivity index (χ0) is 8.97. The standard InChI is InChI=1S/C6H11O5P/c1-2-3-10-12(8)5-4-9-6(7)11-5/h5,12H,2-4H2,1H3. The van der Waals surface area contributed by atoms with Gasteiger partial charge in [0.1, 0.15) is 6.61 Å². The lowest BCUT2D eigenvalue weighted by Gasteiger charge is -2.05. The molecular formula is C6H11O5P. The third-order valence-electron chi connectivity index (χ3n) is 1.30. The molecule has 0 saturated carbocycles. The third-order valence-corrected chi connectivity index (χ3v) is 2.60. The minimum Gasteiger partial charge on any atom is -0.430 e. The van der Waals surface area contributed by atoms with Crippen molar-refractivity contribution < 1.29 is 23.4 Å². The zero-order valence-corrected chi connectivity index (χ0v) is 7.74. The van der Waals surface area contributed by atoms with Gasteiger partial charge in [-0.3, -0.25) is 4.57 Å². The van der Waals surface area contributed by atoms with Crippen molar-refractivity contribution in [2.45, 2.75) is 19.2 Å². The highest BCUT2D eigenvalue weighted by Gasteiger charge is 2.30. The average Bonchev–Trinajstić information content (AvgIpc) is 2.47. The van der Waals surface area contributed by atoms with Crippen LogP contribution in [0, 0.1) is 0 Å². The summed E-state index contributed by atoms with van der Waals surface area (Å²) in [5.41, 5.74) is 0. The Morgan fingerprint density at radius 2 is 2.50 bits per heavy atom. The number of cyclic esters (lactones) is 2. The molecule has 0 radical (unpaired) electrons. The van der Waals surface area contributed by atoms with Crippen molar-refractivity contribution in [1.82, 2.24) is 0 Å². The first kappa shape index (κ1) is 9.55. The molecule has 0 aromatic heterocycles. The SMILES string of the molecule is CCCO[PH](=O)C1COC(=O)O1. The molecule has 1 fully saturated rings. The molecule has 70 valence electrons. The van der Waals surface area contributed by atoms with Crippen molar-refractivity contribution in [3.05, 3.63) is 0 Å². The molecule has 0 aromatic rings. The van der Waals surface area contributed by atoms with Gasteiger partial charge in [0.2, 0.25) is 13.9 Å². The molecule has 2 atom stereocenters. The molecule has 0 aliphatic carbocycles. The lowest BCUT2D eigenvalue weighted by Crippen LogP contribution is -2.05. The van der Waals surface area contributed by atoms with Crippen molar-refractivity contribution in [2.24, 2.45) is 0 Å². The Morgan fingerprint density at radius 1 is 1.75 bits per heavy atom. The predicted octanol–water partition coefficient (Wildman–Crippen LogP) is 1.38. The fraction of sp³-hybridized carbons (Fsp3) is 0.833. The second-order valence-corrected chi connectivity index (χ2v) is 3.91. The number of carbonyl (C=O) groups excluding carboxylic acids is 1. The highest BCUT2D eigenvalue weighted by atomic mass is 31.1. The van der Waals surface area contributed by atoms with Gasteiger partial charge in [0.15, 0.2) is 0 Å². The smallest absolute Gasteiger partial charge is 0.430 e. The van der Waals surface area contributed by atoms with E-state index in [0.29, 0.717) is 6.61 Å². The Bertz CT molecular complexity index is 192. The fourth-order valence-electron chi connectivity index (χ4n) is 0.740. The first-order valence-electron chi connectivity index (χ1n) is 3.74. The summed E-state index contributed by atoms with van der Waals surface area (Å²) in [6, 6.07) is 0. The van der Waals surface area contributed by atoms with Gasteiger partial charge in [-0.05, 0) is 6.42 Å². The summed E-state index contributed by atoms with van der Waals surface area (Å²) in [6.45, 7) is 2.37. The average molecular weight is 194 g/mol. The number of rotatable bonds is 4. The first-order chi connectivity index (χ1) is 5.74. The van der Waals surface area contributed by atoms with Crippen molar-refractivity contribution in [1.29, 1.82) is 0 Å². The van der Waals surface area contributed by atoms with E-state index in [2.05, 4.69) is 9.47 Å². The maximum atomic E-state index is 11.2. The highest BCUT2D eigenvalue weighted by Crippen LogP contribution is 2.33. The van der Waals surface area contributed by atoms with Crippen LogP contribution in [0.3, 0.4) is 0 Å². The van der Waals surface area contributed by atoms with E-state index < -0.39 is 20.0 Å². The summed E-state index contributed by atoms with van der Waals surface area (Å²) in [4.78, 5) is 10.4. The van der Waals surface area contributed by atoms with Gasteiger partial charge in [-0.1, -0.05) is 6.92 Å². The van der Waals surface area contributed by atoms with Crippen LogP contribution in [0.4, 0.5) is 4.79 Å². The Balaban J connectivity index is 2.28. The summed E-state index contributed by atoms with van der Waals surface area (Å²) >= 11 is 0. The molecule has 1 rings (SSSR count). The van der Waals surface area contributed by atoms with Crippen LogP contribution in [0.15, 0.2) is 0 Å². The van der Waals surface area contributed by atoms with E-state index >= 15 is 0 Å². The molecule has 6 heteroatoms. The maximum Gasteiger partial charge on any atom is 0.509 e. The number of ether oxygens (including phenoxy) is 2. The number of hydrogen-bond donors (Lipinski definition) is 0. The summed E-state index contributed by atoms with van der Waals surface area (Å²) in [5, 5.41) is 0. The minimum absolute atomic E-state index is 0.0420. The van der Waals surface area contributed by atoms with Gasteiger partial charge in [0, 0.05) is 0 Å². The Morgan fingerprint density at radius 3 is 3.00 bits per heavy atom. The van der Waals surface area contributed by atoms with Crippen LogP contribution in [0.5, 0.6) is 0 Å². The van der Waals surface area contributed by atoms with E-state index in [1.54, 1.807) is 0 Å². The van der Waals surface area contributed by atoms with Gasteiger partial charge >= 0.3 is 6.16 Å². The number of carbonyl (C=O) groups is 1. The largest absolute Gasteiger partial charge is 0.509 e. The summed E-state index contributed by atoms with van der Waals surface area (Å²) in [5.74, 6) is -0.686. The lowest BCUT2D eigenvalue weighted by molar-refractivity contribution is 0.126. The maximum absolute atomic E-state index is 11.2. The molecule has 1 aliphatic heterocycles. The van der Waals surface area contributed by atoms with E-state index in [1.165, 1.54) is 0 Å². The molecule has 0 spiro atoms. The van der Waals surface area contributed by atoms with Gasteiger partial charge < -0.3 is 14.0 Å². The van der Waals surface area contributed by atoms with Crippen molar-refractivity contribution in [3.63, 3.8) is 0 Å². The van der Waals surface area contributed by atoms with Gasteiger partial charge in [0.05, 0.1) is 6.61 Å². The van der Waals surface area contributed by atoms with Gasteiger partial charge in [0.25, 0.3) is 0 Å². The molecular weight excluding hydrogens is 183 g/mol. The summed E-state index contributed by atoms with van der Waals surface area (Å²) < 4.78 is 25.1. The van der Waals surface area contributed by atoms with Crippen LogP contribution in [-0.4, -0.2) is 25.2 Å². The molecule has 1 saturated heterocycles. The van der Waals surface area contributed by atoms with E-state index in [4.69, 9.17) is 4.52 Å². The third kappa shape index (κ3) is 2.50. The van der Waals surface area contributed by atoms with E-state index in [9.17, 15) is 9.36 Å². The molecule has 0 N–H and O–H groups in total. The van der Waals surface area contributed by atoms with Gasteiger partial charge in [-0.2, -0.15) is 0 Å². The first-order valence-corrected chi connectivity index (χ1v) is 5.13. The van der Waals surface area contributed by atoms with Crippen molar-refractivity contribution in [3.8, 4) is 0 Å². The molecule has 0 aromatic carbocycles. The molecule has 0 amide bonds. The normalized spacial score (nSPS) is 24.8. The minimum atomic E-state index is -2.28. The summed E-state index contributed by atoms with van der Waals surface area (Å²) in [6.07, 6.45) is 0.0243. The molecule has 0 bridgehead atoms. The molecule has 1 heterocycles. The second-order valence-electron chi connectivity index (χ2n) is 2.33. The van der Waals surface area contributed by atoms with E-state index in [1.807, 2.05) is 6.92 Å². The van der Waals surface area contributed by atoms with Crippen molar-refractivity contribution in [2.75, 3.05) is 13.2 Å². The fourth-order valence-corrected chi connectivity index (χ4v) is 1.74. The molecule has 5 nitrogen and oxygen atoms in total. The van der Waals surface area contributed by atoms with Gasteiger partial charge in [-0.25, -0.2) is 4.79 Å². The predicted molar refractivity (Wildman–Crippen MR) is 41.5 cm³/mol. The Kier molecular flexibility index (Phi) is 3.56. The van der Waals surface area contributed by atoms with Crippen LogP contribution in [0.2, 0.25) is 0 Å². The van der Waals surface area contributed by atoms with E-state index in [-0.39, 0.29) is 6.61 Å². The van der Waals surface area contributed by atoms with Crippen LogP contribution in [0.25, 0.3) is 0 Å². The monoisotopic (exact) mass is 194 g/mol.